The SMILES string of the molecule is O=C1c2ccccc2NC(=O)C2C1C(c1ccccc1)CC2(O)c1cccc(Cl)c1. The Morgan fingerprint density at radius 3 is 2.43 bits per heavy atom. The summed E-state index contributed by atoms with van der Waals surface area (Å²) in [6.07, 6.45) is 0.258. The molecular weight excluding hydrogens is 398 g/mol. The van der Waals surface area contributed by atoms with Crippen molar-refractivity contribution in [3.05, 3.63) is 101 Å². The molecule has 4 unspecified atom stereocenters. The number of para-hydroxylation sites is 1. The lowest BCUT2D eigenvalue weighted by Crippen LogP contribution is -2.41. The van der Waals surface area contributed by atoms with Gasteiger partial charge in [0, 0.05) is 16.5 Å². The van der Waals surface area contributed by atoms with Crippen molar-refractivity contribution < 1.29 is 14.7 Å². The van der Waals surface area contributed by atoms with Crippen molar-refractivity contribution in [2.45, 2.75) is 17.9 Å². The number of carbonyl (C=O) groups excluding carboxylic acids is 2. The van der Waals surface area contributed by atoms with E-state index in [0.717, 1.165) is 5.56 Å². The molecule has 2 N–H and O–H groups in total. The van der Waals surface area contributed by atoms with Gasteiger partial charge in [-0.05, 0) is 47.7 Å². The van der Waals surface area contributed by atoms with Crippen LogP contribution in [0.4, 0.5) is 5.69 Å². The second-order valence-corrected chi connectivity index (χ2v) is 8.49. The molecule has 0 aromatic heterocycles. The minimum absolute atomic E-state index is 0.124. The lowest BCUT2D eigenvalue weighted by molar-refractivity contribution is -0.129. The molecule has 1 aliphatic carbocycles. The lowest BCUT2D eigenvalue weighted by atomic mass is 9.77. The third kappa shape index (κ3) is 2.87. The first-order valence-electron chi connectivity index (χ1n) is 9.96. The minimum atomic E-state index is -1.52. The topological polar surface area (TPSA) is 66.4 Å². The Kier molecular flexibility index (Phi) is 4.49. The van der Waals surface area contributed by atoms with Gasteiger partial charge in [0.15, 0.2) is 5.78 Å². The zero-order valence-electron chi connectivity index (χ0n) is 16.1. The van der Waals surface area contributed by atoms with Gasteiger partial charge in [0.2, 0.25) is 5.91 Å². The molecule has 0 saturated heterocycles. The van der Waals surface area contributed by atoms with Gasteiger partial charge in [0.1, 0.15) is 5.60 Å². The van der Waals surface area contributed by atoms with Crippen LogP contribution in [0.2, 0.25) is 5.02 Å². The normalized spacial score (nSPS) is 27.7. The maximum absolute atomic E-state index is 13.7. The number of fused-ring (bicyclic) bond motifs is 2. The fourth-order valence-electron chi connectivity index (χ4n) is 5.11. The van der Waals surface area contributed by atoms with Gasteiger partial charge in [-0.2, -0.15) is 0 Å². The molecule has 5 rings (SSSR count). The molecule has 3 aromatic carbocycles. The van der Waals surface area contributed by atoms with Crippen LogP contribution in [-0.4, -0.2) is 16.8 Å². The third-order valence-corrected chi connectivity index (χ3v) is 6.66. The number of carbonyl (C=O) groups is 2. The highest BCUT2D eigenvalue weighted by Crippen LogP contribution is 2.56. The monoisotopic (exact) mass is 417 g/mol. The number of amides is 1. The van der Waals surface area contributed by atoms with E-state index in [-0.39, 0.29) is 24.0 Å². The standard InChI is InChI=1S/C25H20ClNO3/c26-17-10-6-9-16(13-17)25(30)14-19(15-7-2-1-3-8-15)21-22(25)24(29)27-20-12-5-4-11-18(20)23(21)28/h1-13,19,21-22,30H,14H2,(H,27,29). The van der Waals surface area contributed by atoms with Gasteiger partial charge in [-0.3, -0.25) is 9.59 Å². The number of benzene rings is 3. The molecule has 150 valence electrons. The van der Waals surface area contributed by atoms with E-state index in [2.05, 4.69) is 5.32 Å². The predicted octanol–water partition coefficient (Wildman–Crippen LogP) is 4.78. The molecule has 1 fully saturated rings. The molecule has 0 spiro atoms. The van der Waals surface area contributed by atoms with E-state index in [9.17, 15) is 14.7 Å². The maximum atomic E-state index is 13.7. The number of ketones is 1. The van der Waals surface area contributed by atoms with Crippen LogP contribution in [-0.2, 0) is 10.4 Å². The van der Waals surface area contributed by atoms with Gasteiger partial charge in [0.25, 0.3) is 0 Å². The number of rotatable bonds is 2. The van der Waals surface area contributed by atoms with E-state index in [1.54, 1.807) is 48.5 Å². The largest absolute Gasteiger partial charge is 0.384 e. The van der Waals surface area contributed by atoms with E-state index in [1.165, 1.54) is 0 Å². The van der Waals surface area contributed by atoms with Crippen LogP contribution in [0.5, 0.6) is 0 Å². The summed E-state index contributed by atoms with van der Waals surface area (Å²) in [5.41, 5.74) is 0.942. The Morgan fingerprint density at radius 2 is 1.67 bits per heavy atom. The molecule has 2 aliphatic rings. The van der Waals surface area contributed by atoms with Crippen LogP contribution in [0.1, 0.15) is 33.8 Å². The molecule has 4 atom stereocenters. The first-order chi connectivity index (χ1) is 14.5. The first-order valence-corrected chi connectivity index (χ1v) is 10.3. The van der Waals surface area contributed by atoms with Crippen molar-refractivity contribution in [2.24, 2.45) is 11.8 Å². The average Bonchev–Trinajstić information content (AvgIpc) is 3.03. The highest BCUT2D eigenvalue weighted by Gasteiger charge is 2.60. The highest BCUT2D eigenvalue weighted by atomic mass is 35.5. The molecule has 30 heavy (non-hydrogen) atoms. The highest BCUT2D eigenvalue weighted by molar-refractivity contribution is 6.30. The Morgan fingerprint density at radius 1 is 0.933 bits per heavy atom. The van der Waals surface area contributed by atoms with Crippen molar-refractivity contribution in [1.29, 1.82) is 0 Å². The first kappa shape index (κ1) is 19.0. The van der Waals surface area contributed by atoms with Crippen molar-refractivity contribution in [2.75, 3.05) is 5.32 Å². The average molecular weight is 418 g/mol. The zero-order valence-corrected chi connectivity index (χ0v) is 16.8. The third-order valence-electron chi connectivity index (χ3n) is 6.43. The Labute approximate surface area is 179 Å². The molecule has 1 aliphatic heterocycles. The summed E-state index contributed by atoms with van der Waals surface area (Å²) in [5.74, 6) is -2.38. The molecule has 1 saturated carbocycles. The second kappa shape index (κ2) is 7.08. The van der Waals surface area contributed by atoms with Crippen LogP contribution in [0, 0.1) is 11.8 Å². The van der Waals surface area contributed by atoms with Crippen molar-refractivity contribution >= 4 is 29.0 Å². The van der Waals surface area contributed by atoms with Gasteiger partial charge in [0.05, 0.1) is 11.6 Å². The van der Waals surface area contributed by atoms with Crippen LogP contribution in [0.3, 0.4) is 0 Å². The lowest BCUT2D eigenvalue weighted by Gasteiger charge is -2.30. The van der Waals surface area contributed by atoms with Crippen LogP contribution in [0.25, 0.3) is 0 Å². The molecule has 4 nitrogen and oxygen atoms in total. The smallest absolute Gasteiger partial charge is 0.231 e. The van der Waals surface area contributed by atoms with E-state index in [1.807, 2.05) is 30.3 Å². The van der Waals surface area contributed by atoms with Gasteiger partial charge >= 0.3 is 0 Å². The quantitative estimate of drug-likeness (QED) is 0.630. The predicted molar refractivity (Wildman–Crippen MR) is 116 cm³/mol. The molecule has 5 heteroatoms. The molecule has 3 aromatic rings. The summed E-state index contributed by atoms with van der Waals surface area (Å²) >= 11 is 6.21. The number of aliphatic hydroxyl groups is 1. The summed E-state index contributed by atoms with van der Waals surface area (Å²) in [6.45, 7) is 0. The number of anilines is 1. The van der Waals surface area contributed by atoms with Crippen molar-refractivity contribution in [1.82, 2.24) is 0 Å². The summed E-state index contributed by atoms with van der Waals surface area (Å²) < 4.78 is 0. The number of Topliss-reactive ketones (excluding diaryl/α,β-unsaturated/α-hetero) is 1. The number of hydrogen-bond acceptors (Lipinski definition) is 3. The van der Waals surface area contributed by atoms with Gasteiger partial charge in [-0.15, -0.1) is 0 Å². The van der Waals surface area contributed by atoms with E-state index in [0.29, 0.717) is 21.8 Å². The fourth-order valence-corrected chi connectivity index (χ4v) is 5.30. The zero-order chi connectivity index (χ0) is 20.9. The van der Waals surface area contributed by atoms with Crippen LogP contribution in [0.15, 0.2) is 78.9 Å². The molecule has 0 bridgehead atoms. The van der Waals surface area contributed by atoms with E-state index >= 15 is 0 Å². The van der Waals surface area contributed by atoms with Gasteiger partial charge in [-0.1, -0.05) is 66.2 Å². The van der Waals surface area contributed by atoms with E-state index in [4.69, 9.17) is 11.6 Å². The number of nitrogens with one attached hydrogen (secondary N) is 1. The van der Waals surface area contributed by atoms with Crippen LogP contribution < -0.4 is 5.32 Å². The number of hydrogen-bond donors (Lipinski definition) is 2. The summed E-state index contributed by atoms with van der Waals surface area (Å²) in [7, 11) is 0. The molecular formula is C25H20ClNO3. The molecule has 0 radical (unpaired) electrons. The van der Waals surface area contributed by atoms with E-state index < -0.39 is 17.4 Å². The van der Waals surface area contributed by atoms with Gasteiger partial charge in [-0.25, -0.2) is 0 Å². The maximum Gasteiger partial charge on any atom is 0.231 e. The van der Waals surface area contributed by atoms with Gasteiger partial charge < -0.3 is 10.4 Å². The summed E-state index contributed by atoms with van der Waals surface area (Å²) in [5, 5.41) is 15.3. The van der Waals surface area contributed by atoms with Crippen molar-refractivity contribution in [3.8, 4) is 0 Å². The molecule has 1 amide bonds. The Bertz CT molecular complexity index is 1150. The molecule has 1 heterocycles. The van der Waals surface area contributed by atoms with Crippen molar-refractivity contribution in [3.63, 3.8) is 0 Å². The Hall–Kier alpha value is -2.95. The number of halogens is 1. The Balaban J connectivity index is 1.72. The van der Waals surface area contributed by atoms with Crippen LogP contribution >= 0.6 is 11.6 Å². The minimum Gasteiger partial charge on any atom is -0.384 e. The fraction of sp³-hybridized carbons (Fsp3) is 0.200. The summed E-state index contributed by atoms with van der Waals surface area (Å²) in [4.78, 5) is 27.1. The second-order valence-electron chi connectivity index (χ2n) is 8.06. The summed E-state index contributed by atoms with van der Waals surface area (Å²) in [6, 6.07) is 23.6.